The third-order valence-corrected chi connectivity index (χ3v) is 4.00. The molecule has 0 radical (unpaired) electrons. The van der Waals surface area contributed by atoms with Gasteiger partial charge in [-0.1, -0.05) is 53.2 Å². The van der Waals surface area contributed by atoms with Crippen molar-refractivity contribution in [2.45, 2.75) is 19.4 Å². The van der Waals surface area contributed by atoms with Crippen molar-refractivity contribution in [2.75, 3.05) is 6.54 Å². The van der Waals surface area contributed by atoms with E-state index in [9.17, 15) is 0 Å². The van der Waals surface area contributed by atoms with Gasteiger partial charge in [-0.05, 0) is 42.8 Å². The summed E-state index contributed by atoms with van der Waals surface area (Å²) in [4.78, 5) is 0. The Morgan fingerprint density at radius 1 is 1.10 bits per heavy atom. The van der Waals surface area contributed by atoms with Crippen LogP contribution in [-0.4, -0.2) is 6.54 Å². The van der Waals surface area contributed by atoms with Crippen LogP contribution in [0.2, 0.25) is 0 Å². The lowest BCUT2D eigenvalue weighted by Gasteiger charge is -2.17. The van der Waals surface area contributed by atoms with Crippen molar-refractivity contribution in [2.24, 2.45) is 0 Å². The summed E-state index contributed by atoms with van der Waals surface area (Å²) in [7, 11) is 0. The Bertz CT molecular complexity index is 702. The molecular formula is C18H18BrNO. The van der Waals surface area contributed by atoms with Crippen molar-refractivity contribution in [3.63, 3.8) is 0 Å². The standard InChI is InChI=1S/C18H18BrNO/c1-2-10-20-18(14-7-5-8-15(19)11-14)17-12-13-6-3-4-9-16(13)21-17/h3-9,11-12,18,20H,2,10H2,1H3. The molecule has 3 aromatic rings. The highest BCUT2D eigenvalue weighted by molar-refractivity contribution is 9.10. The molecule has 3 rings (SSSR count). The molecule has 0 aliphatic rings. The van der Waals surface area contributed by atoms with E-state index in [1.165, 1.54) is 5.56 Å². The van der Waals surface area contributed by atoms with Gasteiger partial charge in [0.15, 0.2) is 0 Å². The van der Waals surface area contributed by atoms with Gasteiger partial charge in [-0.2, -0.15) is 0 Å². The first kappa shape index (κ1) is 14.4. The second-order valence-corrected chi connectivity index (χ2v) is 6.04. The average molecular weight is 344 g/mol. The highest BCUT2D eigenvalue weighted by Crippen LogP contribution is 2.29. The van der Waals surface area contributed by atoms with E-state index in [4.69, 9.17) is 4.42 Å². The van der Waals surface area contributed by atoms with Gasteiger partial charge in [0, 0.05) is 9.86 Å². The third kappa shape index (κ3) is 3.20. The summed E-state index contributed by atoms with van der Waals surface area (Å²) in [5.74, 6) is 0.961. The van der Waals surface area contributed by atoms with E-state index < -0.39 is 0 Å². The van der Waals surface area contributed by atoms with Crippen LogP contribution in [0, 0.1) is 0 Å². The van der Waals surface area contributed by atoms with Crippen molar-refractivity contribution in [1.29, 1.82) is 0 Å². The zero-order chi connectivity index (χ0) is 14.7. The maximum absolute atomic E-state index is 6.04. The van der Waals surface area contributed by atoms with E-state index in [-0.39, 0.29) is 6.04 Å². The predicted molar refractivity (Wildman–Crippen MR) is 90.5 cm³/mol. The fourth-order valence-corrected chi connectivity index (χ4v) is 2.92. The first-order chi connectivity index (χ1) is 10.3. The molecule has 1 N–H and O–H groups in total. The molecule has 1 aromatic heterocycles. The van der Waals surface area contributed by atoms with Gasteiger partial charge >= 0.3 is 0 Å². The second kappa shape index (κ2) is 6.46. The molecule has 0 aliphatic carbocycles. The smallest absolute Gasteiger partial charge is 0.134 e. The molecule has 0 saturated carbocycles. The van der Waals surface area contributed by atoms with Crippen LogP contribution in [0.25, 0.3) is 11.0 Å². The molecule has 21 heavy (non-hydrogen) atoms. The minimum atomic E-state index is 0.0786. The van der Waals surface area contributed by atoms with E-state index in [1.807, 2.05) is 24.3 Å². The van der Waals surface area contributed by atoms with Crippen LogP contribution < -0.4 is 5.32 Å². The quantitative estimate of drug-likeness (QED) is 0.681. The number of fused-ring (bicyclic) bond motifs is 1. The molecule has 3 heteroatoms. The van der Waals surface area contributed by atoms with Gasteiger partial charge in [-0.15, -0.1) is 0 Å². The lowest BCUT2D eigenvalue weighted by Crippen LogP contribution is -2.22. The van der Waals surface area contributed by atoms with Crippen molar-refractivity contribution in [3.8, 4) is 0 Å². The number of hydrogen-bond donors (Lipinski definition) is 1. The Morgan fingerprint density at radius 2 is 1.95 bits per heavy atom. The summed E-state index contributed by atoms with van der Waals surface area (Å²) >= 11 is 3.55. The normalized spacial score (nSPS) is 12.7. The molecule has 0 amide bonds. The summed E-state index contributed by atoms with van der Waals surface area (Å²) in [6.07, 6.45) is 1.09. The van der Waals surface area contributed by atoms with Gasteiger partial charge < -0.3 is 9.73 Å². The highest BCUT2D eigenvalue weighted by Gasteiger charge is 2.18. The van der Waals surface area contributed by atoms with Crippen LogP contribution in [0.15, 0.2) is 63.5 Å². The van der Waals surface area contributed by atoms with Crippen LogP contribution in [0.1, 0.15) is 30.7 Å². The Hall–Kier alpha value is -1.58. The molecular weight excluding hydrogens is 326 g/mol. The lowest BCUT2D eigenvalue weighted by atomic mass is 10.0. The Kier molecular flexibility index (Phi) is 4.42. The lowest BCUT2D eigenvalue weighted by molar-refractivity contribution is 0.469. The number of nitrogens with one attached hydrogen (secondary N) is 1. The predicted octanol–water partition coefficient (Wildman–Crippen LogP) is 5.28. The Morgan fingerprint density at radius 3 is 2.71 bits per heavy atom. The van der Waals surface area contributed by atoms with Crippen LogP contribution >= 0.6 is 15.9 Å². The SMILES string of the molecule is CCCNC(c1cccc(Br)c1)c1cc2ccccc2o1. The van der Waals surface area contributed by atoms with Crippen LogP contribution in [0.4, 0.5) is 0 Å². The summed E-state index contributed by atoms with van der Waals surface area (Å²) in [6.45, 7) is 3.12. The molecule has 1 atom stereocenters. The summed E-state index contributed by atoms with van der Waals surface area (Å²) in [6, 6.07) is 18.7. The number of furan rings is 1. The fraction of sp³-hybridized carbons (Fsp3) is 0.222. The monoisotopic (exact) mass is 343 g/mol. The molecule has 0 bridgehead atoms. The molecule has 0 spiro atoms. The van der Waals surface area contributed by atoms with Crippen molar-refractivity contribution in [3.05, 3.63) is 70.4 Å². The fourth-order valence-electron chi connectivity index (χ4n) is 2.50. The first-order valence-corrected chi connectivity index (χ1v) is 8.04. The van der Waals surface area contributed by atoms with Crippen molar-refractivity contribution >= 4 is 26.9 Å². The second-order valence-electron chi connectivity index (χ2n) is 5.13. The molecule has 0 saturated heterocycles. The highest BCUT2D eigenvalue weighted by atomic mass is 79.9. The molecule has 1 heterocycles. The largest absolute Gasteiger partial charge is 0.459 e. The topological polar surface area (TPSA) is 25.2 Å². The number of halogens is 1. The van der Waals surface area contributed by atoms with Crippen LogP contribution in [0.3, 0.4) is 0 Å². The maximum Gasteiger partial charge on any atom is 0.134 e. The summed E-state index contributed by atoms with van der Waals surface area (Å²) in [5.41, 5.74) is 2.14. The van der Waals surface area contributed by atoms with Crippen LogP contribution in [-0.2, 0) is 0 Å². The molecule has 2 aromatic carbocycles. The summed E-state index contributed by atoms with van der Waals surface area (Å²) < 4.78 is 7.13. The summed E-state index contributed by atoms with van der Waals surface area (Å²) in [5, 5.41) is 4.72. The molecule has 2 nitrogen and oxygen atoms in total. The molecule has 0 fully saturated rings. The van der Waals surface area contributed by atoms with Gasteiger partial charge in [0.05, 0.1) is 6.04 Å². The third-order valence-electron chi connectivity index (χ3n) is 3.51. The number of hydrogen-bond acceptors (Lipinski definition) is 2. The van der Waals surface area contributed by atoms with Gasteiger partial charge in [-0.3, -0.25) is 0 Å². The van der Waals surface area contributed by atoms with E-state index in [1.54, 1.807) is 0 Å². The van der Waals surface area contributed by atoms with Gasteiger partial charge in [0.2, 0.25) is 0 Å². The van der Waals surface area contributed by atoms with Gasteiger partial charge in [-0.25, -0.2) is 0 Å². The van der Waals surface area contributed by atoms with Gasteiger partial charge in [0.25, 0.3) is 0 Å². The van der Waals surface area contributed by atoms with E-state index >= 15 is 0 Å². The zero-order valence-corrected chi connectivity index (χ0v) is 13.6. The zero-order valence-electron chi connectivity index (χ0n) is 12.0. The Labute approximate surface area is 133 Å². The average Bonchev–Trinajstić information content (AvgIpc) is 2.91. The minimum Gasteiger partial charge on any atom is -0.459 e. The molecule has 1 unspecified atom stereocenters. The number of benzene rings is 2. The van der Waals surface area contributed by atoms with E-state index in [2.05, 4.69) is 58.5 Å². The first-order valence-electron chi connectivity index (χ1n) is 7.25. The van der Waals surface area contributed by atoms with Crippen molar-refractivity contribution < 1.29 is 4.42 Å². The number of para-hydroxylation sites is 1. The molecule has 0 aliphatic heterocycles. The van der Waals surface area contributed by atoms with Crippen LogP contribution in [0.5, 0.6) is 0 Å². The molecule has 108 valence electrons. The van der Waals surface area contributed by atoms with E-state index in [0.717, 1.165) is 34.2 Å². The van der Waals surface area contributed by atoms with Crippen molar-refractivity contribution in [1.82, 2.24) is 5.32 Å². The van der Waals surface area contributed by atoms with Gasteiger partial charge in [0.1, 0.15) is 11.3 Å². The number of rotatable bonds is 5. The maximum atomic E-state index is 6.04. The van der Waals surface area contributed by atoms with E-state index in [0.29, 0.717) is 0 Å². The Balaban J connectivity index is 2.02. The minimum absolute atomic E-state index is 0.0786.